The summed E-state index contributed by atoms with van der Waals surface area (Å²) in [6, 6.07) is 7.30. The van der Waals surface area contributed by atoms with Crippen molar-refractivity contribution in [1.29, 1.82) is 0 Å². The lowest BCUT2D eigenvalue weighted by Crippen LogP contribution is -2.17. The van der Waals surface area contributed by atoms with Crippen LogP contribution in [0.3, 0.4) is 0 Å². The highest BCUT2D eigenvalue weighted by Gasteiger charge is 2.19. The number of carboxylic acids is 1. The van der Waals surface area contributed by atoms with E-state index in [1.165, 1.54) is 18.2 Å². The normalized spacial score (nSPS) is 10.2. The molecule has 0 spiro atoms. The fourth-order valence-corrected chi connectivity index (χ4v) is 1.81. The molecule has 0 aliphatic rings. The van der Waals surface area contributed by atoms with Crippen LogP contribution in [0.5, 0.6) is 0 Å². The molecule has 0 radical (unpaired) electrons. The van der Waals surface area contributed by atoms with Gasteiger partial charge >= 0.3 is 5.97 Å². The Morgan fingerprint density at radius 1 is 1.05 bits per heavy atom. The van der Waals surface area contributed by atoms with E-state index in [-0.39, 0.29) is 5.56 Å². The molecule has 0 heterocycles. The highest BCUT2D eigenvalue weighted by atomic mass is 19.1. The van der Waals surface area contributed by atoms with Crippen LogP contribution in [0.1, 0.15) is 26.3 Å². The van der Waals surface area contributed by atoms with Crippen molar-refractivity contribution in [1.82, 2.24) is 0 Å². The van der Waals surface area contributed by atoms with E-state index >= 15 is 0 Å². The first-order valence-electron chi connectivity index (χ1n) is 5.99. The van der Waals surface area contributed by atoms with Crippen LogP contribution >= 0.6 is 0 Å². The fourth-order valence-electron chi connectivity index (χ4n) is 1.81. The molecule has 0 saturated carbocycles. The van der Waals surface area contributed by atoms with Gasteiger partial charge in [0.1, 0.15) is 11.6 Å². The van der Waals surface area contributed by atoms with Gasteiger partial charge in [0.2, 0.25) is 0 Å². The summed E-state index contributed by atoms with van der Waals surface area (Å²) in [6.45, 7) is 1.66. The standard InChI is InChI=1S/C15H11F2NO3/c1-8-5-6-9(12(17)7-8)14(19)18-13-10(15(20)21)3-2-4-11(13)16/h2-7H,1H3,(H,18,19)(H,20,21). The Hall–Kier alpha value is -2.76. The summed E-state index contributed by atoms with van der Waals surface area (Å²) in [6.07, 6.45) is 0. The first-order valence-corrected chi connectivity index (χ1v) is 5.99. The average molecular weight is 291 g/mol. The van der Waals surface area contributed by atoms with Gasteiger partial charge in [0.25, 0.3) is 5.91 Å². The molecule has 6 heteroatoms. The predicted molar refractivity (Wildman–Crippen MR) is 72.4 cm³/mol. The molecular formula is C15H11F2NO3. The van der Waals surface area contributed by atoms with Crippen molar-refractivity contribution in [2.24, 2.45) is 0 Å². The second-order valence-electron chi connectivity index (χ2n) is 4.40. The number of carbonyl (C=O) groups is 2. The van der Waals surface area contributed by atoms with Gasteiger partial charge in [-0.25, -0.2) is 13.6 Å². The number of nitrogens with one attached hydrogen (secondary N) is 1. The van der Waals surface area contributed by atoms with E-state index in [2.05, 4.69) is 5.32 Å². The third-order valence-electron chi connectivity index (χ3n) is 2.85. The molecule has 4 nitrogen and oxygen atoms in total. The molecule has 2 N–H and O–H groups in total. The Labute approximate surface area is 119 Å². The molecule has 0 atom stereocenters. The van der Waals surface area contributed by atoms with E-state index in [9.17, 15) is 18.4 Å². The number of aromatic carboxylic acids is 1. The zero-order chi connectivity index (χ0) is 15.6. The van der Waals surface area contributed by atoms with Crippen LogP contribution in [0.25, 0.3) is 0 Å². The van der Waals surface area contributed by atoms with Gasteiger partial charge in [-0.15, -0.1) is 0 Å². The molecule has 0 unspecified atom stereocenters. The van der Waals surface area contributed by atoms with Gasteiger partial charge in [0.15, 0.2) is 0 Å². The van der Waals surface area contributed by atoms with Crippen LogP contribution in [0.4, 0.5) is 14.5 Å². The van der Waals surface area contributed by atoms with E-state index in [0.29, 0.717) is 5.56 Å². The van der Waals surface area contributed by atoms with Crippen molar-refractivity contribution in [2.75, 3.05) is 5.32 Å². The van der Waals surface area contributed by atoms with Crippen LogP contribution in [0.15, 0.2) is 36.4 Å². The third kappa shape index (κ3) is 3.05. The lowest BCUT2D eigenvalue weighted by atomic mass is 10.1. The summed E-state index contributed by atoms with van der Waals surface area (Å²) in [5.74, 6) is -3.98. The summed E-state index contributed by atoms with van der Waals surface area (Å²) in [5, 5.41) is 11.1. The molecule has 0 bridgehead atoms. The summed E-state index contributed by atoms with van der Waals surface area (Å²) in [5.41, 5.74) is -0.563. The number of carbonyl (C=O) groups excluding carboxylic acids is 1. The summed E-state index contributed by atoms with van der Waals surface area (Å²) >= 11 is 0. The van der Waals surface area contributed by atoms with Crippen molar-refractivity contribution in [3.63, 3.8) is 0 Å². The zero-order valence-corrected chi connectivity index (χ0v) is 11.0. The quantitative estimate of drug-likeness (QED) is 0.912. The summed E-state index contributed by atoms with van der Waals surface area (Å²) in [7, 11) is 0. The lowest BCUT2D eigenvalue weighted by molar-refractivity contribution is 0.0697. The number of amides is 1. The Morgan fingerprint density at radius 2 is 1.76 bits per heavy atom. The molecule has 1 amide bonds. The van der Waals surface area contributed by atoms with E-state index in [1.54, 1.807) is 6.92 Å². The van der Waals surface area contributed by atoms with Crippen molar-refractivity contribution in [3.05, 3.63) is 64.7 Å². The number of benzene rings is 2. The highest BCUT2D eigenvalue weighted by molar-refractivity contribution is 6.08. The monoisotopic (exact) mass is 291 g/mol. The predicted octanol–water partition coefficient (Wildman–Crippen LogP) is 3.22. The average Bonchev–Trinajstić information content (AvgIpc) is 2.40. The summed E-state index contributed by atoms with van der Waals surface area (Å²) < 4.78 is 27.4. The van der Waals surface area contributed by atoms with Gasteiger partial charge in [-0.3, -0.25) is 4.79 Å². The number of hydrogen-bond acceptors (Lipinski definition) is 2. The van der Waals surface area contributed by atoms with E-state index < -0.39 is 34.8 Å². The molecular weight excluding hydrogens is 280 g/mol. The largest absolute Gasteiger partial charge is 0.478 e. The smallest absolute Gasteiger partial charge is 0.337 e. The lowest BCUT2D eigenvalue weighted by Gasteiger charge is -2.10. The van der Waals surface area contributed by atoms with Gasteiger partial charge < -0.3 is 10.4 Å². The zero-order valence-electron chi connectivity index (χ0n) is 11.0. The van der Waals surface area contributed by atoms with E-state index in [0.717, 1.165) is 18.2 Å². The molecule has 2 rings (SSSR count). The molecule has 0 aliphatic heterocycles. The summed E-state index contributed by atoms with van der Waals surface area (Å²) in [4.78, 5) is 23.0. The number of aryl methyl sites for hydroxylation is 1. The van der Waals surface area contributed by atoms with Gasteiger partial charge in [-0.05, 0) is 36.8 Å². The van der Waals surface area contributed by atoms with Crippen LogP contribution in [-0.2, 0) is 0 Å². The minimum Gasteiger partial charge on any atom is -0.478 e. The van der Waals surface area contributed by atoms with Crippen molar-refractivity contribution in [2.45, 2.75) is 6.92 Å². The van der Waals surface area contributed by atoms with Crippen LogP contribution in [-0.4, -0.2) is 17.0 Å². The number of carboxylic acid groups (broad SMARTS) is 1. The number of rotatable bonds is 3. The topological polar surface area (TPSA) is 66.4 Å². The maximum Gasteiger partial charge on any atom is 0.337 e. The molecule has 0 fully saturated rings. The Balaban J connectivity index is 2.38. The molecule has 0 aromatic heterocycles. The second kappa shape index (κ2) is 5.70. The van der Waals surface area contributed by atoms with Crippen molar-refractivity contribution < 1.29 is 23.5 Å². The number of para-hydroxylation sites is 1. The molecule has 2 aromatic carbocycles. The molecule has 21 heavy (non-hydrogen) atoms. The van der Waals surface area contributed by atoms with Crippen LogP contribution < -0.4 is 5.32 Å². The van der Waals surface area contributed by atoms with E-state index in [4.69, 9.17) is 5.11 Å². The molecule has 0 saturated heterocycles. The highest BCUT2D eigenvalue weighted by Crippen LogP contribution is 2.21. The molecule has 108 valence electrons. The minimum absolute atomic E-state index is 0.291. The Kier molecular flexibility index (Phi) is 3.98. The van der Waals surface area contributed by atoms with E-state index in [1.807, 2.05) is 0 Å². The second-order valence-corrected chi connectivity index (χ2v) is 4.40. The third-order valence-corrected chi connectivity index (χ3v) is 2.85. The van der Waals surface area contributed by atoms with Crippen LogP contribution in [0, 0.1) is 18.6 Å². The SMILES string of the molecule is Cc1ccc(C(=O)Nc2c(F)cccc2C(=O)O)c(F)c1. The van der Waals surface area contributed by atoms with Crippen molar-refractivity contribution >= 4 is 17.6 Å². The van der Waals surface area contributed by atoms with Gasteiger partial charge in [-0.2, -0.15) is 0 Å². The fraction of sp³-hybridized carbons (Fsp3) is 0.0667. The first-order chi connectivity index (χ1) is 9.90. The van der Waals surface area contributed by atoms with Crippen molar-refractivity contribution in [3.8, 4) is 0 Å². The maximum absolute atomic E-state index is 13.7. The Morgan fingerprint density at radius 3 is 2.38 bits per heavy atom. The van der Waals surface area contributed by atoms with Gasteiger partial charge in [0.05, 0.1) is 16.8 Å². The van der Waals surface area contributed by atoms with Gasteiger partial charge in [0, 0.05) is 0 Å². The molecule has 2 aromatic rings. The number of halogens is 2. The first kappa shape index (κ1) is 14.6. The van der Waals surface area contributed by atoms with Gasteiger partial charge in [-0.1, -0.05) is 12.1 Å². The molecule has 0 aliphatic carbocycles. The minimum atomic E-state index is -1.39. The number of hydrogen-bond donors (Lipinski definition) is 2. The number of anilines is 1. The Bertz CT molecular complexity index is 729. The maximum atomic E-state index is 13.7. The van der Waals surface area contributed by atoms with Crippen LogP contribution in [0.2, 0.25) is 0 Å².